The topological polar surface area (TPSA) is 75.6 Å². The Balaban J connectivity index is 1.90. The van der Waals surface area contributed by atoms with Crippen LogP contribution in [0.4, 0.5) is 0 Å². The van der Waals surface area contributed by atoms with Gasteiger partial charge in [-0.2, -0.15) is 0 Å². The van der Waals surface area contributed by atoms with E-state index in [1.807, 2.05) is 0 Å². The van der Waals surface area contributed by atoms with E-state index in [0.29, 0.717) is 23.5 Å². The fourth-order valence-corrected chi connectivity index (χ4v) is 2.90. The fraction of sp³-hybridized carbons (Fsp3) is 0.500. The molecule has 2 N–H and O–H groups in total. The van der Waals surface area contributed by atoms with E-state index in [-0.39, 0.29) is 17.9 Å². The second-order valence-electron chi connectivity index (χ2n) is 4.37. The van der Waals surface area contributed by atoms with Gasteiger partial charge in [0.1, 0.15) is 5.75 Å². The molecule has 0 spiro atoms. The van der Waals surface area contributed by atoms with Crippen LogP contribution >= 0.6 is 11.3 Å². The zero-order chi connectivity index (χ0) is 13.1. The Morgan fingerprint density at radius 1 is 1.50 bits per heavy atom. The lowest BCUT2D eigenvalue weighted by atomic mass is 10.1. The molecule has 18 heavy (non-hydrogen) atoms. The Morgan fingerprint density at radius 3 is 2.83 bits per heavy atom. The first-order valence-electron chi connectivity index (χ1n) is 5.76. The number of carbonyl (C=O) groups excluding carboxylic acids is 1. The first-order chi connectivity index (χ1) is 8.60. The fourth-order valence-electron chi connectivity index (χ4n) is 2.14. The number of hydrogen-bond donors (Lipinski definition) is 2. The maximum Gasteiger partial charge on any atom is 0.306 e. The quantitative estimate of drug-likeness (QED) is 0.873. The van der Waals surface area contributed by atoms with Crippen molar-refractivity contribution in [3.63, 3.8) is 0 Å². The highest BCUT2D eigenvalue weighted by atomic mass is 32.1. The minimum Gasteiger partial charge on any atom is -0.496 e. The van der Waals surface area contributed by atoms with E-state index >= 15 is 0 Å². The smallest absolute Gasteiger partial charge is 0.306 e. The molecule has 0 aliphatic heterocycles. The SMILES string of the molecule is COc1csc(C(=O)N[C@@H]2CC[C@H](C(=O)O)C2)c1. The molecule has 1 aliphatic rings. The Bertz CT molecular complexity index is 457. The molecule has 1 aliphatic carbocycles. The molecule has 1 amide bonds. The molecule has 2 rings (SSSR count). The third kappa shape index (κ3) is 2.81. The molecular formula is C12H15NO4S. The van der Waals surface area contributed by atoms with Gasteiger partial charge in [-0.25, -0.2) is 0 Å². The molecule has 1 aromatic heterocycles. The predicted molar refractivity (Wildman–Crippen MR) is 67.1 cm³/mol. The number of aliphatic carboxylic acids is 1. The van der Waals surface area contributed by atoms with Crippen LogP contribution in [0.2, 0.25) is 0 Å². The first-order valence-corrected chi connectivity index (χ1v) is 6.64. The van der Waals surface area contributed by atoms with Gasteiger partial charge in [-0.1, -0.05) is 0 Å². The lowest BCUT2D eigenvalue weighted by Crippen LogP contribution is -2.32. The third-order valence-corrected chi connectivity index (χ3v) is 4.06. The number of hydrogen-bond acceptors (Lipinski definition) is 4. The summed E-state index contributed by atoms with van der Waals surface area (Å²) in [5.74, 6) is -0.586. The van der Waals surface area contributed by atoms with E-state index in [2.05, 4.69) is 5.32 Å². The van der Waals surface area contributed by atoms with Crippen molar-refractivity contribution in [2.24, 2.45) is 5.92 Å². The highest BCUT2D eigenvalue weighted by Gasteiger charge is 2.30. The molecule has 0 unspecified atom stereocenters. The zero-order valence-corrected chi connectivity index (χ0v) is 10.8. The van der Waals surface area contributed by atoms with Gasteiger partial charge in [-0.05, 0) is 19.3 Å². The standard InChI is InChI=1S/C12H15NO4S/c1-17-9-5-10(18-6-9)11(14)13-8-3-2-7(4-8)12(15)16/h5-8H,2-4H2,1H3,(H,13,14)(H,15,16)/t7-,8+/m0/s1. The third-order valence-electron chi connectivity index (χ3n) is 3.15. The highest BCUT2D eigenvalue weighted by Crippen LogP contribution is 2.27. The number of ether oxygens (including phenoxy) is 1. The average Bonchev–Trinajstić information content (AvgIpc) is 2.96. The van der Waals surface area contributed by atoms with Crippen molar-refractivity contribution < 1.29 is 19.4 Å². The Hall–Kier alpha value is -1.56. The van der Waals surface area contributed by atoms with E-state index < -0.39 is 5.97 Å². The van der Waals surface area contributed by atoms with Crippen LogP contribution in [0.5, 0.6) is 5.75 Å². The number of carbonyl (C=O) groups is 2. The highest BCUT2D eigenvalue weighted by molar-refractivity contribution is 7.12. The number of carboxylic acids is 1. The van der Waals surface area contributed by atoms with E-state index in [4.69, 9.17) is 9.84 Å². The summed E-state index contributed by atoms with van der Waals surface area (Å²) in [4.78, 5) is 23.3. The number of rotatable bonds is 4. The van der Waals surface area contributed by atoms with Crippen LogP contribution in [0.25, 0.3) is 0 Å². The van der Waals surface area contributed by atoms with E-state index in [9.17, 15) is 9.59 Å². The summed E-state index contributed by atoms with van der Waals surface area (Å²) >= 11 is 1.32. The molecule has 1 aromatic rings. The summed E-state index contributed by atoms with van der Waals surface area (Å²) in [7, 11) is 1.55. The number of amides is 1. The molecule has 5 nitrogen and oxygen atoms in total. The lowest BCUT2D eigenvalue weighted by molar-refractivity contribution is -0.141. The van der Waals surface area contributed by atoms with Gasteiger partial charge in [0, 0.05) is 17.5 Å². The van der Waals surface area contributed by atoms with Crippen LogP contribution in [0.15, 0.2) is 11.4 Å². The van der Waals surface area contributed by atoms with Crippen molar-refractivity contribution >= 4 is 23.2 Å². The molecule has 1 saturated carbocycles. The van der Waals surface area contributed by atoms with E-state index in [0.717, 1.165) is 6.42 Å². The van der Waals surface area contributed by atoms with Gasteiger partial charge in [0.05, 0.1) is 17.9 Å². The zero-order valence-electron chi connectivity index (χ0n) is 10.0. The maximum atomic E-state index is 11.9. The van der Waals surface area contributed by atoms with Gasteiger partial charge in [-0.3, -0.25) is 9.59 Å². The molecule has 0 saturated heterocycles. The summed E-state index contributed by atoms with van der Waals surface area (Å²) in [6, 6.07) is 1.65. The minimum absolute atomic E-state index is 0.0355. The van der Waals surface area contributed by atoms with Crippen molar-refractivity contribution in [1.29, 1.82) is 0 Å². The van der Waals surface area contributed by atoms with Crippen LogP contribution < -0.4 is 10.1 Å². The van der Waals surface area contributed by atoms with Gasteiger partial charge in [-0.15, -0.1) is 11.3 Å². The van der Waals surface area contributed by atoms with Crippen LogP contribution in [0.1, 0.15) is 28.9 Å². The van der Waals surface area contributed by atoms with Gasteiger partial charge in [0.2, 0.25) is 0 Å². The molecule has 2 atom stereocenters. The van der Waals surface area contributed by atoms with Crippen molar-refractivity contribution in [1.82, 2.24) is 5.32 Å². The van der Waals surface area contributed by atoms with Crippen molar-refractivity contribution in [3.8, 4) is 5.75 Å². The number of methoxy groups -OCH3 is 1. The summed E-state index contributed by atoms with van der Waals surface area (Å²) in [5, 5.41) is 13.5. The van der Waals surface area contributed by atoms with Crippen LogP contribution in [-0.4, -0.2) is 30.1 Å². The minimum atomic E-state index is -0.774. The summed E-state index contributed by atoms with van der Waals surface area (Å²) in [6.45, 7) is 0. The summed E-state index contributed by atoms with van der Waals surface area (Å²) in [5.41, 5.74) is 0. The second kappa shape index (κ2) is 5.39. The molecule has 1 heterocycles. The van der Waals surface area contributed by atoms with Gasteiger partial charge in [0.15, 0.2) is 0 Å². The normalized spacial score (nSPS) is 22.7. The van der Waals surface area contributed by atoms with Crippen LogP contribution in [0.3, 0.4) is 0 Å². The van der Waals surface area contributed by atoms with Crippen molar-refractivity contribution in [2.45, 2.75) is 25.3 Å². The van der Waals surface area contributed by atoms with Gasteiger partial charge < -0.3 is 15.2 Å². The largest absolute Gasteiger partial charge is 0.496 e. The van der Waals surface area contributed by atoms with Gasteiger partial charge in [0.25, 0.3) is 5.91 Å². The van der Waals surface area contributed by atoms with E-state index in [1.54, 1.807) is 18.6 Å². The first kappa shape index (κ1) is 12.9. The van der Waals surface area contributed by atoms with E-state index in [1.165, 1.54) is 11.3 Å². The second-order valence-corrected chi connectivity index (χ2v) is 5.28. The number of nitrogens with one attached hydrogen (secondary N) is 1. The molecule has 0 radical (unpaired) electrons. The monoisotopic (exact) mass is 269 g/mol. The predicted octanol–water partition coefficient (Wildman–Crippen LogP) is 1.74. The van der Waals surface area contributed by atoms with Crippen LogP contribution in [-0.2, 0) is 4.79 Å². The average molecular weight is 269 g/mol. The Kier molecular flexibility index (Phi) is 3.86. The molecule has 0 aromatic carbocycles. The summed E-state index contributed by atoms with van der Waals surface area (Å²) in [6.07, 6.45) is 1.88. The molecule has 1 fully saturated rings. The summed E-state index contributed by atoms with van der Waals surface area (Å²) < 4.78 is 5.02. The van der Waals surface area contributed by atoms with Gasteiger partial charge >= 0.3 is 5.97 Å². The maximum absolute atomic E-state index is 11.9. The Labute approximate surface area is 109 Å². The number of carboxylic acid groups (broad SMARTS) is 1. The van der Waals surface area contributed by atoms with Crippen molar-refractivity contribution in [2.75, 3.05) is 7.11 Å². The van der Waals surface area contributed by atoms with Crippen molar-refractivity contribution in [3.05, 3.63) is 16.3 Å². The number of thiophene rings is 1. The molecule has 6 heteroatoms. The molecule has 98 valence electrons. The Morgan fingerprint density at radius 2 is 2.28 bits per heavy atom. The van der Waals surface area contributed by atoms with Crippen LogP contribution in [0, 0.1) is 5.92 Å². The lowest BCUT2D eigenvalue weighted by Gasteiger charge is -2.11. The molecular weight excluding hydrogens is 254 g/mol. The molecule has 0 bridgehead atoms.